The molecule has 0 aliphatic heterocycles. The van der Waals surface area contributed by atoms with Crippen LogP contribution in [0.15, 0.2) is 18.5 Å². The lowest BCUT2D eigenvalue weighted by atomic mass is 9.52. The van der Waals surface area contributed by atoms with Crippen molar-refractivity contribution in [3.8, 4) is 0 Å². The zero-order valence-electron chi connectivity index (χ0n) is 12.5. The summed E-state index contributed by atoms with van der Waals surface area (Å²) in [6, 6.07) is 1.92. The first kappa shape index (κ1) is 13.4. The summed E-state index contributed by atoms with van der Waals surface area (Å²) in [4.78, 5) is 12.4. The number of nitrogens with zero attached hydrogens (tertiary/aromatic N) is 2. The molecule has 0 aromatic carbocycles. The molecule has 0 saturated heterocycles. The first-order valence-corrected chi connectivity index (χ1v) is 8.43. The zero-order chi connectivity index (χ0) is 14.2. The minimum Gasteiger partial charge on any atom is -0.465 e. The maximum atomic E-state index is 12.4. The second-order valence-corrected chi connectivity index (χ2v) is 7.25. The van der Waals surface area contributed by atoms with E-state index in [0.717, 1.165) is 24.8 Å². The summed E-state index contributed by atoms with van der Waals surface area (Å²) in [7, 11) is 0. The Bertz CT molecular complexity index is 469. The predicted molar refractivity (Wildman–Crippen MR) is 78.3 cm³/mol. The molecule has 4 aliphatic carbocycles. The average Bonchev–Trinajstić information content (AvgIpc) is 2.95. The Kier molecular flexibility index (Phi) is 3.48. The third kappa shape index (κ3) is 2.60. The molecule has 4 aliphatic rings. The van der Waals surface area contributed by atoms with Gasteiger partial charge in [-0.2, -0.15) is 5.10 Å². The highest BCUT2D eigenvalue weighted by molar-refractivity contribution is 5.73. The van der Waals surface area contributed by atoms with Gasteiger partial charge >= 0.3 is 5.97 Å². The molecule has 1 heterocycles. The highest BCUT2D eigenvalue weighted by Crippen LogP contribution is 2.56. The third-order valence-electron chi connectivity index (χ3n) is 5.83. The van der Waals surface area contributed by atoms with Crippen LogP contribution in [0.3, 0.4) is 0 Å². The maximum Gasteiger partial charge on any atom is 0.309 e. The molecule has 1 aromatic rings. The fourth-order valence-corrected chi connectivity index (χ4v) is 5.24. The second kappa shape index (κ2) is 5.47. The van der Waals surface area contributed by atoms with Gasteiger partial charge in [-0.3, -0.25) is 9.48 Å². The van der Waals surface area contributed by atoms with E-state index >= 15 is 0 Å². The van der Waals surface area contributed by atoms with Gasteiger partial charge in [-0.1, -0.05) is 0 Å². The molecule has 0 N–H and O–H groups in total. The van der Waals surface area contributed by atoms with Crippen LogP contribution in [0.1, 0.15) is 38.5 Å². The predicted octanol–water partition coefficient (Wildman–Crippen LogP) is 2.89. The fourth-order valence-electron chi connectivity index (χ4n) is 5.24. The van der Waals surface area contributed by atoms with E-state index in [9.17, 15) is 4.79 Å². The average molecular weight is 288 g/mol. The molecule has 0 spiro atoms. The number of esters is 1. The summed E-state index contributed by atoms with van der Waals surface area (Å²) >= 11 is 0. The molecule has 5 rings (SSSR count). The van der Waals surface area contributed by atoms with E-state index < -0.39 is 0 Å². The van der Waals surface area contributed by atoms with Crippen LogP contribution in [-0.4, -0.2) is 22.4 Å². The first-order valence-electron chi connectivity index (χ1n) is 8.43. The molecule has 4 saturated carbocycles. The Hall–Kier alpha value is -1.32. The van der Waals surface area contributed by atoms with E-state index in [0.29, 0.717) is 18.4 Å². The first-order chi connectivity index (χ1) is 10.3. The number of ether oxygens (including phenoxy) is 1. The van der Waals surface area contributed by atoms with Crippen molar-refractivity contribution in [2.45, 2.75) is 45.1 Å². The molecule has 114 valence electrons. The molecule has 0 amide bonds. The van der Waals surface area contributed by atoms with Crippen molar-refractivity contribution in [1.29, 1.82) is 0 Å². The van der Waals surface area contributed by atoms with Crippen LogP contribution < -0.4 is 0 Å². The number of rotatable bonds is 5. The molecule has 4 nitrogen and oxygen atoms in total. The van der Waals surface area contributed by atoms with Gasteiger partial charge in [-0.25, -0.2) is 0 Å². The Morgan fingerprint density at radius 1 is 1.14 bits per heavy atom. The van der Waals surface area contributed by atoms with Crippen LogP contribution in [-0.2, 0) is 16.1 Å². The Morgan fingerprint density at radius 2 is 1.86 bits per heavy atom. The Balaban J connectivity index is 1.27. The number of carbonyl (C=O) groups excluding carboxylic acids is 1. The molecule has 0 unspecified atom stereocenters. The number of hydrogen-bond acceptors (Lipinski definition) is 3. The third-order valence-corrected chi connectivity index (χ3v) is 5.83. The van der Waals surface area contributed by atoms with Crippen molar-refractivity contribution >= 4 is 5.97 Å². The maximum absolute atomic E-state index is 12.4. The fraction of sp³-hybridized carbons (Fsp3) is 0.765. The van der Waals surface area contributed by atoms with Crippen molar-refractivity contribution in [3.63, 3.8) is 0 Å². The molecule has 4 bridgehead atoms. The van der Waals surface area contributed by atoms with Gasteiger partial charge in [-0.05, 0) is 61.8 Å². The van der Waals surface area contributed by atoms with Gasteiger partial charge in [0.05, 0.1) is 12.5 Å². The minimum absolute atomic E-state index is 0.0873. The smallest absolute Gasteiger partial charge is 0.309 e. The topological polar surface area (TPSA) is 44.1 Å². The zero-order valence-corrected chi connectivity index (χ0v) is 12.5. The molecular formula is C17H24N2O2. The Labute approximate surface area is 125 Å². The quantitative estimate of drug-likeness (QED) is 0.618. The lowest BCUT2D eigenvalue weighted by Gasteiger charge is -2.53. The Morgan fingerprint density at radius 3 is 2.48 bits per heavy atom. The summed E-state index contributed by atoms with van der Waals surface area (Å²) in [6.45, 7) is 1.35. The van der Waals surface area contributed by atoms with E-state index in [1.165, 1.54) is 32.1 Å². The molecule has 4 heteroatoms. The van der Waals surface area contributed by atoms with Crippen LogP contribution in [0.2, 0.25) is 0 Å². The molecule has 0 atom stereocenters. The van der Waals surface area contributed by atoms with Crippen molar-refractivity contribution in [3.05, 3.63) is 18.5 Å². The molecular weight excluding hydrogens is 264 g/mol. The summed E-state index contributed by atoms with van der Waals surface area (Å²) in [5.74, 6) is 3.37. The van der Waals surface area contributed by atoms with Gasteiger partial charge < -0.3 is 4.74 Å². The van der Waals surface area contributed by atoms with E-state index in [2.05, 4.69) is 5.10 Å². The van der Waals surface area contributed by atoms with Crippen molar-refractivity contribution in [2.75, 3.05) is 6.61 Å². The van der Waals surface area contributed by atoms with Gasteiger partial charge in [0.1, 0.15) is 0 Å². The lowest BCUT2D eigenvalue weighted by Crippen LogP contribution is -2.48. The summed E-state index contributed by atoms with van der Waals surface area (Å²) in [5, 5.41) is 4.16. The number of aryl methyl sites for hydroxylation is 1. The number of carbonyl (C=O) groups is 1. The van der Waals surface area contributed by atoms with Gasteiger partial charge in [0, 0.05) is 25.4 Å². The van der Waals surface area contributed by atoms with Gasteiger partial charge in [-0.15, -0.1) is 0 Å². The monoisotopic (exact) mass is 288 g/mol. The van der Waals surface area contributed by atoms with E-state index in [4.69, 9.17) is 4.74 Å². The SMILES string of the molecule is O=C(OCCCn1cccn1)C1C2CC3CC(C2)CC1C3. The normalized spacial score (nSPS) is 36.9. The highest BCUT2D eigenvalue weighted by Gasteiger charge is 2.51. The molecule has 0 radical (unpaired) electrons. The van der Waals surface area contributed by atoms with Crippen LogP contribution in [0.4, 0.5) is 0 Å². The van der Waals surface area contributed by atoms with Crippen molar-refractivity contribution in [1.82, 2.24) is 9.78 Å². The summed E-state index contributed by atoms with van der Waals surface area (Å²) in [5.41, 5.74) is 0. The van der Waals surface area contributed by atoms with Crippen molar-refractivity contribution in [2.24, 2.45) is 29.6 Å². The minimum atomic E-state index is 0.0873. The van der Waals surface area contributed by atoms with E-state index in [1.54, 1.807) is 6.20 Å². The molecule has 21 heavy (non-hydrogen) atoms. The van der Waals surface area contributed by atoms with Gasteiger partial charge in [0.2, 0.25) is 0 Å². The largest absolute Gasteiger partial charge is 0.465 e. The van der Waals surface area contributed by atoms with E-state index in [-0.39, 0.29) is 11.9 Å². The molecule has 1 aromatic heterocycles. The van der Waals surface area contributed by atoms with Crippen LogP contribution in [0, 0.1) is 29.6 Å². The summed E-state index contributed by atoms with van der Waals surface area (Å²) < 4.78 is 7.47. The van der Waals surface area contributed by atoms with Gasteiger partial charge in [0.15, 0.2) is 0 Å². The van der Waals surface area contributed by atoms with Crippen LogP contribution in [0.5, 0.6) is 0 Å². The van der Waals surface area contributed by atoms with Crippen LogP contribution in [0.25, 0.3) is 0 Å². The van der Waals surface area contributed by atoms with Gasteiger partial charge in [0.25, 0.3) is 0 Å². The van der Waals surface area contributed by atoms with Crippen molar-refractivity contribution < 1.29 is 9.53 Å². The summed E-state index contributed by atoms with van der Waals surface area (Å²) in [6.07, 6.45) is 11.1. The second-order valence-electron chi connectivity index (χ2n) is 7.25. The highest BCUT2D eigenvalue weighted by atomic mass is 16.5. The van der Waals surface area contributed by atoms with Crippen LogP contribution >= 0.6 is 0 Å². The van der Waals surface area contributed by atoms with E-state index in [1.807, 2.05) is 16.9 Å². The standard InChI is InChI=1S/C17H24N2O2/c20-17(21-6-2-5-19-4-1-3-18-19)16-14-8-12-7-13(10-14)11-15(16)9-12/h1,3-4,12-16H,2,5-11H2. The lowest BCUT2D eigenvalue weighted by molar-refractivity contribution is -0.162. The molecule has 4 fully saturated rings. The number of hydrogen-bond donors (Lipinski definition) is 0. The number of aromatic nitrogens is 2.